The van der Waals surface area contributed by atoms with Crippen molar-refractivity contribution in [2.24, 2.45) is 17.8 Å². The predicted octanol–water partition coefficient (Wildman–Crippen LogP) is 4.40. The van der Waals surface area contributed by atoms with Gasteiger partial charge in [-0.2, -0.15) is 0 Å². The van der Waals surface area contributed by atoms with Crippen molar-refractivity contribution in [3.05, 3.63) is 59.8 Å². The molecular weight excluding hydrogens is 472 g/mol. The molecule has 1 aromatic carbocycles. The first kappa shape index (κ1) is 23.8. The maximum absolute atomic E-state index is 11.1. The lowest BCUT2D eigenvalue weighted by Gasteiger charge is -2.26. The summed E-state index contributed by atoms with van der Waals surface area (Å²) < 4.78 is 19.4. The summed E-state index contributed by atoms with van der Waals surface area (Å²) in [6.07, 6.45) is 5.62. The van der Waals surface area contributed by atoms with Crippen molar-refractivity contribution in [2.45, 2.75) is 45.1 Å². The van der Waals surface area contributed by atoms with Crippen LogP contribution in [-0.2, 0) is 16.0 Å². The summed E-state index contributed by atoms with van der Waals surface area (Å²) in [6.45, 7) is 4.48. The van der Waals surface area contributed by atoms with Gasteiger partial charge in [-0.15, -0.1) is 0 Å². The monoisotopic (exact) mass is 502 g/mol. The second-order valence-electron chi connectivity index (χ2n) is 10.1. The van der Waals surface area contributed by atoms with Crippen LogP contribution in [0.3, 0.4) is 0 Å². The largest absolute Gasteiger partial charge is 0.465 e. The van der Waals surface area contributed by atoms with Crippen molar-refractivity contribution in [1.29, 1.82) is 0 Å². The summed E-state index contributed by atoms with van der Waals surface area (Å²) >= 11 is 0. The first-order valence-corrected chi connectivity index (χ1v) is 12.9. The fourth-order valence-electron chi connectivity index (χ4n) is 5.40. The number of hydrogen-bond donors (Lipinski definition) is 1. The average molecular weight is 503 g/mol. The Morgan fingerprint density at radius 3 is 2.78 bits per heavy atom. The van der Waals surface area contributed by atoms with Gasteiger partial charge in [0.25, 0.3) is 0 Å². The Bertz CT molecular complexity index is 1300. The standard InChI is InChI=1S/C28H30N4O5/c1-18(36-26-4-2-3-13-35-26)27-29-11-12-31(27)15-21-14-25(37-30-21)20-8-5-19(6-9-20)7-10-22-23-16-32(28(33)34)17-24(22)23/h5-6,8-9,11-12,14,18,22-24,26H,2-4,13,15-17H2,1H3,(H,33,34)/t18-,22-,23-,24+,26?/m0/s1. The van der Waals surface area contributed by atoms with E-state index in [0.29, 0.717) is 43.1 Å². The quantitative estimate of drug-likeness (QED) is 0.499. The number of ether oxygens (including phenoxy) is 2. The molecule has 1 unspecified atom stereocenters. The van der Waals surface area contributed by atoms with Gasteiger partial charge in [0.05, 0.1) is 6.54 Å². The molecule has 4 heterocycles. The fraction of sp³-hybridized carbons (Fsp3) is 0.464. The molecule has 0 radical (unpaired) electrons. The molecule has 37 heavy (non-hydrogen) atoms. The van der Waals surface area contributed by atoms with Gasteiger partial charge >= 0.3 is 6.09 Å². The fourth-order valence-corrected chi connectivity index (χ4v) is 5.40. The number of carboxylic acid groups (broad SMARTS) is 1. The van der Waals surface area contributed by atoms with Crippen molar-refractivity contribution < 1.29 is 23.9 Å². The van der Waals surface area contributed by atoms with Crippen LogP contribution in [0, 0.1) is 29.6 Å². The Hall–Kier alpha value is -3.61. The van der Waals surface area contributed by atoms with E-state index in [-0.39, 0.29) is 12.4 Å². The maximum Gasteiger partial charge on any atom is 0.407 e. The van der Waals surface area contributed by atoms with Crippen LogP contribution in [-0.4, -0.2) is 56.8 Å². The molecule has 0 bridgehead atoms. The molecule has 192 valence electrons. The molecule has 1 N–H and O–H groups in total. The van der Waals surface area contributed by atoms with Crippen molar-refractivity contribution in [3.63, 3.8) is 0 Å². The maximum atomic E-state index is 11.1. The number of rotatable bonds is 6. The van der Waals surface area contributed by atoms with Gasteiger partial charge in [-0.1, -0.05) is 17.0 Å². The molecule has 5 atom stereocenters. The third-order valence-corrected chi connectivity index (χ3v) is 7.51. The highest BCUT2D eigenvalue weighted by atomic mass is 16.7. The molecule has 1 saturated carbocycles. The van der Waals surface area contributed by atoms with E-state index < -0.39 is 6.09 Å². The summed E-state index contributed by atoms with van der Waals surface area (Å²) in [5.74, 6) is 9.19. The van der Waals surface area contributed by atoms with Crippen LogP contribution in [0.4, 0.5) is 4.79 Å². The summed E-state index contributed by atoms with van der Waals surface area (Å²) in [5, 5.41) is 13.3. The Kier molecular flexibility index (Phi) is 6.45. The molecule has 6 rings (SSSR count). The van der Waals surface area contributed by atoms with Crippen molar-refractivity contribution in [1.82, 2.24) is 19.6 Å². The summed E-state index contributed by atoms with van der Waals surface area (Å²) in [7, 11) is 0. The first-order chi connectivity index (χ1) is 18.0. The zero-order valence-corrected chi connectivity index (χ0v) is 20.7. The highest BCUT2D eigenvalue weighted by molar-refractivity contribution is 5.66. The molecule has 3 fully saturated rings. The highest BCUT2D eigenvalue weighted by Gasteiger charge is 2.56. The summed E-state index contributed by atoms with van der Waals surface area (Å²) in [5.41, 5.74) is 2.67. The Morgan fingerprint density at radius 1 is 1.24 bits per heavy atom. The van der Waals surface area contributed by atoms with E-state index in [0.717, 1.165) is 48.5 Å². The third-order valence-electron chi connectivity index (χ3n) is 7.51. The predicted molar refractivity (Wildman–Crippen MR) is 133 cm³/mol. The highest BCUT2D eigenvalue weighted by Crippen LogP contribution is 2.51. The van der Waals surface area contributed by atoms with Gasteiger partial charge in [-0.3, -0.25) is 0 Å². The van der Waals surface area contributed by atoms with Gasteiger partial charge in [-0.05, 0) is 62.3 Å². The molecule has 9 heteroatoms. The van der Waals surface area contributed by atoms with Crippen LogP contribution in [0.15, 0.2) is 47.2 Å². The minimum Gasteiger partial charge on any atom is -0.465 e. The zero-order chi connectivity index (χ0) is 25.4. The lowest BCUT2D eigenvalue weighted by molar-refractivity contribution is -0.188. The van der Waals surface area contributed by atoms with E-state index in [2.05, 4.69) is 22.0 Å². The molecule has 1 aliphatic carbocycles. The third kappa shape index (κ3) is 5.13. The van der Waals surface area contributed by atoms with Crippen LogP contribution >= 0.6 is 0 Å². The molecule has 9 nitrogen and oxygen atoms in total. The first-order valence-electron chi connectivity index (χ1n) is 12.9. The summed E-state index contributed by atoms with van der Waals surface area (Å²) in [6, 6.07) is 9.87. The van der Waals surface area contributed by atoms with Crippen molar-refractivity contribution >= 4 is 6.09 Å². The average Bonchev–Trinajstić information content (AvgIpc) is 3.40. The number of fused-ring (bicyclic) bond motifs is 1. The second kappa shape index (κ2) is 10.0. The smallest absolute Gasteiger partial charge is 0.407 e. The lowest BCUT2D eigenvalue weighted by Crippen LogP contribution is -2.29. The Labute approximate surface area is 215 Å². The van der Waals surface area contributed by atoms with E-state index in [1.807, 2.05) is 48.0 Å². The molecule has 0 spiro atoms. The zero-order valence-electron chi connectivity index (χ0n) is 20.7. The van der Waals surface area contributed by atoms with E-state index in [1.165, 1.54) is 4.90 Å². The van der Waals surface area contributed by atoms with Crippen molar-refractivity contribution in [2.75, 3.05) is 19.7 Å². The van der Waals surface area contributed by atoms with Gasteiger partial charge in [0.15, 0.2) is 12.1 Å². The van der Waals surface area contributed by atoms with Gasteiger partial charge < -0.3 is 28.6 Å². The van der Waals surface area contributed by atoms with E-state index >= 15 is 0 Å². The van der Waals surface area contributed by atoms with Gasteiger partial charge in [-0.25, -0.2) is 9.78 Å². The second-order valence-corrected chi connectivity index (χ2v) is 10.1. The van der Waals surface area contributed by atoms with Crippen LogP contribution in [0.1, 0.15) is 49.4 Å². The van der Waals surface area contributed by atoms with Gasteiger partial charge in [0.2, 0.25) is 0 Å². The molecular formula is C28H30N4O5. The number of piperidine rings is 1. The number of amides is 1. The topological polar surface area (TPSA) is 103 Å². The van der Waals surface area contributed by atoms with E-state index in [9.17, 15) is 4.79 Å². The molecule has 2 saturated heterocycles. The SMILES string of the molecule is C[C@H](OC1CCCCO1)c1nccn1Cc1cc(-c2ccc(C#C[C@@H]3[C@H]4CN(C(=O)O)C[C@@H]34)cc2)on1. The van der Waals surface area contributed by atoms with Gasteiger partial charge in [0.1, 0.15) is 17.6 Å². The Morgan fingerprint density at radius 2 is 2.05 bits per heavy atom. The number of nitrogens with zero attached hydrogens (tertiary/aromatic N) is 4. The number of aromatic nitrogens is 3. The van der Waals surface area contributed by atoms with Crippen LogP contribution < -0.4 is 0 Å². The molecule has 1 amide bonds. The number of carbonyl (C=O) groups is 1. The van der Waals surface area contributed by atoms with Crippen LogP contribution in [0.2, 0.25) is 0 Å². The van der Waals surface area contributed by atoms with Crippen molar-refractivity contribution in [3.8, 4) is 23.2 Å². The number of imidazole rings is 1. The molecule has 2 aliphatic heterocycles. The van der Waals surface area contributed by atoms with E-state index in [4.69, 9.17) is 19.1 Å². The molecule has 2 aromatic heterocycles. The minimum absolute atomic E-state index is 0.175. The molecule has 3 aliphatic rings. The minimum atomic E-state index is -0.830. The van der Waals surface area contributed by atoms with Crippen LogP contribution in [0.25, 0.3) is 11.3 Å². The number of hydrogen-bond acceptors (Lipinski definition) is 6. The normalized spacial score (nSPS) is 25.3. The summed E-state index contributed by atoms with van der Waals surface area (Å²) in [4.78, 5) is 17.0. The Balaban J connectivity index is 1.06. The van der Waals surface area contributed by atoms with E-state index in [1.54, 1.807) is 6.20 Å². The number of benzene rings is 1. The van der Waals surface area contributed by atoms with Gasteiger partial charge in [0, 0.05) is 55.2 Å². The number of likely N-dealkylation sites (tertiary alicyclic amines) is 1. The van der Waals surface area contributed by atoms with Crippen LogP contribution in [0.5, 0.6) is 0 Å². The molecule has 3 aromatic rings. The lowest BCUT2D eigenvalue weighted by atomic mass is 10.1.